The first-order valence-corrected chi connectivity index (χ1v) is 11.3. The minimum Gasteiger partial charge on any atom is -0.497 e. The second-order valence-electron chi connectivity index (χ2n) is 8.59. The molecule has 174 valence electrons. The lowest BCUT2D eigenvalue weighted by Gasteiger charge is -2.33. The van der Waals surface area contributed by atoms with Gasteiger partial charge in [-0.2, -0.15) is 0 Å². The van der Waals surface area contributed by atoms with Gasteiger partial charge in [0, 0.05) is 37.9 Å². The fraction of sp³-hybridized carbons (Fsp3) is 0.500. The van der Waals surface area contributed by atoms with Gasteiger partial charge in [0.15, 0.2) is 0 Å². The number of methoxy groups -OCH3 is 3. The summed E-state index contributed by atoms with van der Waals surface area (Å²) in [5.41, 5.74) is 4.21. The molecule has 0 radical (unpaired) electrons. The van der Waals surface area contributed by atoms with Crippen LogP contribution in [0, 0.1) is 12.8 Å². The smallest absolute Gasteiger partial charge is 0.224 e. The van der Waals surface area contributed by atoms with Gasteiger partial charge in [0.1, 0.15) is 11.5 Å². The standard InChI is InChI=1S/C26H36N2O4/c1-19-14-23(31-3)9-10-24(19)27-26(29)12-8-20-6-5-13-28(16-20)17-21-7-11-25(32-4)22(15-21)18-30-2/h7,9-11,14-15,20H,5-6,8,12-13,16-18H2,1-4H3,(H,27,29)/t20-/m1/s1. The lowest BCUT2D eigenvalue weighted by molar-refractivity contribution is -0.116. The summed E-state index contributed by atoms with van der Waals surface area (Å²) < 4.78 is 16.0. The Morgan fingerprint density at radius 1 is 1.12 bits per heavy atom. The van der Waals surface area contributed by atoms with Gasteiger partial charge in [-0.05, 0) is 80.1 Å². The highest BCUT2D eigenvalue weighted by Gasteiger charge is 2.21. The molecule has 0 aliphatic carbocycles. The third-order valence-corrected chi connectivity index (χ3v) is 6.14. The number of likely N-dealkylation sites (tertiary alicyclic amines) is 1. The molecular formula is C26H36N2O4. The first-order valence-electron chi connectivity index (χ1n) is 11.3. The van der Waals surface area contributed by atoms with E-state index in [1.165, 1.54) is 18.4 Å². The number of amides is 1. The van der Waals surface area contributed by atoms with Crippen LogP contribution in [-0.2, 0) is 22.7 Å². The fourth-order valence-corrected chi connectivity index (χ4v) is 4.44. The maximum Gasteiger partial charge on any atom is 0.224 e. The number of anilines is 1. The summed E-state index contributed by atoms with van der Waals surface area (Å²) in [5, 5.41) is 3.05. The second kappa shape index (κ2) is 11.9. The highest BCUT2D eigenvalue weighted by Crippen LogP contribution is 2.26. The zero-order valence-corrected chi connectivity index (χ0v) is 19.8. The first-order chi connectivity index (χ1) is 15.5. The largest absolute Gasteiger partial charge is 0.497 e. The minimum atomic E-state index is 0.0785. The van der Waals surface area contributed by atoms with Gasteiger partial charge in [-0.15, -0.1) is 0 Å². The number of rotatable bonds is 10. The number of hydrogen-bond donors (Lipinski definition) is 1. The molecule has 1 aliphatic rings. The first kappa shape index (κ1) is 24.1. The van der Waals surface area contributed by atoms with E-state index in [4.69, 9.17) is 14.2 Å². The van der Waals surface area contributed by atoms with Gasteiger partial charge in [-0.3, -0.25) is 9.69 Å². The van der Waals surface area contributed by atoms with Crippen LogP contribution in [0.25, 0.3) is 0 Å². The van der Waals surface area contributed by atoms with Crippen molar-refractivity contribution in [1.29, 1.82) is 0 Å². The van der Waals surface area contributed by atoms with Crippen LogP contribution in [0.15, 0.2) is 36.4 Å². The quantitative estimate of drug-likeness (QED) is 0.576. The van der Waals surface area contributed by atoms with Crippen molar-refractivity contribution in [2.75, 3.05) is 39.7 Å². The number of nitrogens with one attached hydrogen (secondary N) is 1. The summed E-state index contributed by atoms with van der Waals surface area (Å²) in [5.74, 6) is 2.29. The third-order valence-electron chi connectivity index (χ3n) is 6.14. The van der Waals surface area contributed by atoms with Gasteiger partial charge in [0.2, 0.25) is 5.91 Å². The van der Waals surface area contributed by atoms with Crippen LogP contribution in [0.4, 0.5) is 5.69 Å². The van der Waals surface area contributed by atoms with E-state index in [0.29, 0.717) is 18.9 Å². The summed E-state index contributed by atoms with van der Waals surface area (Å²) in [4.78, 5) is 15.0. The zero-order valence-electron chi connectivity index (χ0n) is 19.8. The maximum atomic E-state index is 12.5. The van der Waals surface area contributed by atoms with Crippen molar-refractivity contribution in [3.05, 3.63) is 53.1 Å². The molecule has 0 spiro atoms. The Morgan fingerprint density at radius 3 is 2.69 bits per heavy atom. The molecule has 1 saturated heterocycles. The molecule has 0 saturated carbocycles. The van der Waals surface area contributed by atoms with Crippen molar-refractivity contribution in [2.24, 2.45) is 5.92 Å². The SMILES string of the molecule is COCc1cc(CN2CCC[C@H](CCC(=O)Nc3ccc(OC)cc3C)C2)ccc1OC. The number of piperidine rings is 1. The number of aryl methyl sites for hydroxylation is 1. The second-order valence-corrected chi connectivity index (χ2v) is 8.59. The Bertz CT molecular complexity index is 899. The van der Waals surface area contributed by atoms with Gasteiger partial charge in [-0.1, -0.05) is 6.07 Å². The van der Waals surface area contributed by atoms with Crippen LogP contribution in [-0.4, -0.2) is 45.2 Å². The normalized spacial score (nSPS) is 16.6. The molecule has 0 bridgehead atoms. The molecule has 1 fully saturated rings. The van der Waals surface area contributed by atoms with Crippen molar-refractivity contribution in [1.82, 2.24) is 4.90 Å². The van der Waals surface area contributed by atoms with Gasteiger partial charge in [0.05, 0.1) is 20.8 Å². The summed E-state index contributed by atoms with van der Waals surface area (Å²) in [6.07, 6.45) is 3.81. The van der Waals surface area contributed by atoms with Crippen LogP contribution >= 0.6 is 0 Å². The molecule has 1 amide bonds. The predicted molar refractivity (Wildman–Crippen MR) is 127 cm³/mol. The molecule has 6 heteroatoms. The van der Waals surface area contributed by atoms with Crippen LogP contribution < -0.4 is 14.8 Å². The molecule has 32 heavy (non-hydrogen) atoms. The highest BCUT2D eigenvalue weighted by atomic mass is 16.5. The monoisotopic (exact) mass is 440 g/mol. The van der Waals surface area contributed by atoms with Crippen molar-refractivity contribution >= 4 is 11.6 Å². The Hall–Kier alpha value is -2.57. The molecular weight excluding hydrogens is 404 g/mol. The predicted octanol–water partition coefficient (Wildman–Crippen LogP) is 4.79. The van der Waals surface area contributed by atoms with E-state index in [9.17, 15) is 4.79 Å². The van der Waals surface area contributed by atoms with Crippen LogP contribution in [0.1, 0.15) is 42.4 Å². The van der Waals surface area contributed by atoms with E-state index in [0.717, 1.165) is 54.4 Å². The number of nitrogens with zero attached hydrogens (tertiary/aromatic N) is 1. The molecule has 1 aliphatic heterocycles. The number of ether oxygens (including phenoxy) is 3. The lowest BCUT2D eigenvalue weighted by Crippen LogP contribution is -2.35. The van der Waals surface area contributed by atoms with Gasteiger partial charge in [-0.25, -0.2) is 0 Å². The van der Waals surface area contributed by atoms with E-state index in [1.54, 1.807) is 21.3 Å². The van der Waals surface area contributed by atoms with Gasteiger partial charge in [0.25, 0.3) is 0 Å². The van der Waals surface area contributed by atoms with E-state index < -0.39 is 0 Å². The van der Waals surface area contributed by atoms with E-state index in [1.807, 2.05) is 31.2 Å². The number of carbonyl (C=O) groups excluding carboxylic acids is 1. The molecule has 0 unspecified atom stereocenters. The highest BCUT2D eigenvalue weighted by molar-refractivity contribution is 5.91. The summed E-state index contributed by atoms with van der Waals surface area (Å²) in [6, 6.07) is 12.0. The van der Waals surface area contributed by atoms with Crippen molar-refractivity contribution in [2.45, 2.75) is 45.8 Å². The molecule has 2 aromatic rings. The number of benzene rings is 2. The van der Waals surface area contributed by atoms with Crippen LogP contribution in [0.3, 0.4) is 0 Å². The molecule has 2 aromatic carbocycles. The minimum absolute atomic E-state index is 0.0785. The average Bonchev–Trinajstić information content (AvgIpc) is 2.80. The molecule has 1 N–H and O–H groups in total. The lowest BCUT2D eigenvalue weighted by atomic mass is 9.93. The van der Waals surface area contributed by atoms with Crippen molar-refractivity contribution in [3.8, 4) is 11.5 Å². The van der Waals surface area contributed by atoms with E-state index >= 15 is 0 Å². The van der Waals surface area contributed by atoms with E-state index in [2.05, 4.69) is 22.3 Å². The fourth-order valence-electron chi connectivity index (χ4n) is 4.44. The summed E-state index contributed by atoms with van der Waals surface area (Å²) >= 11 is 0. The molecule has 3 rings (SSSR count). The topological polar surface area (TPSA) is 60.0 Å². The molecule has 1 atom stereocenters. The molecule has 1 heterocycles. The number of carbonyl (C=O) groups is 1. The molecule has 6 nitrogen and oxygen atoms in total. The Morgan fingerprint density at radius 2 is 1.97 bits per heavy atom. The van der Waals surface area contributed by atoms with Crippen LogP contribution in [0.2, 0.25) is 0 Å². The Balaban J connectivity index is 1.49. The Labute approximate surface area is 191 Å². The average molecular weight is 441 g/mol. The number of hydrogen-bond acceptors (Lipinski definition) is 5. The molecule has 0 aromatic heterocycles. The maximum absolute atomic E-state index is 12.5. The van der Waals surface area contributed by atoms with E-state index in [-0.39, 0.29) is 5.91 Å². The summed E-state index contributed by atoms with van der Waals surface area (Å²) in [7, 11) is 5.04. The van der Waals surface area contributed by atoms with Gasteiger partial charge >= 0.3 is 0 Å². The zero-order chi connectivity index (χ0) is 22.9. The summed E-state index contributed by atoms with van der Waals surface area (Å²) in [6.45, 7) is 5.56. The third kappa shape index (κ3) is 6.71. The van der Waals surface area contributed by atoms with Crippen molar-refractivity contribution in [3.63, 3.8) is 0 Å². The Kier molecular flexibility index (Phi) is 8.94. The van der Waals surface area contributed by atoms with Gasteiger partial charge < -0.3 is 19.5 Å². The van der Waals surface area contributed by atoms with Crippen LogP contribution in [0.5, 0.6) is 11.5 Å². The van der Waals surface area contributed by atoms with Crippen molar-refractivity contribution < 1.29 is 19.0 Å².